The summed E-state index contributed by atoms with van der Waals surface area (Å²) in [5, 5.41) is 3.16. The van der Waals surface area contributed by atoms with Crippen LogP contribution in [-0.2, 0) is 0 Å². The molecule has 17 heavy (non-hydrogen) atoms. The first kappa shape index (κ1) is 14.4. The Morgan fingerprint density at radius 2 is 2.12 bits per heavy atom. The number of rotatable bonds is 6. The van der Waals surface area contributed by atoms with Gasteiger partial charge in [-0.25, -0.2) is 4.39 Å². The quantitative estimate of drug-likeness (QED) is 0.814. The van der Waals surface area contributed by atoms with E-state index in [0.717, 1.165) is 19.2 Å². The van der Waals surface area contributed by atoms with Crippen LogP contribution in [0.3, 0.4) is 0 Å². The van der Waals surface area contributed by atoms with Gasteiger partial charge in [0.1, 0.15) is 0 Å². The van der Waals surface area contributed by atoms with Gasteiger partial charge in [0.15, 0.2) is 11.6 Å². The molecule has 0 spiro atoms. The Morgan fingerprint density at radius 3 is 2.76 bits per heavy atom. The molecule has 5 heteroatoms. The first-order valence-corrected chi connectivity index (χ1v) is 6.32. The molecule has 0 aromatic heterocycles. The highest BCUT2D eigenvalue weighted by molar-refractivity contribution is 9.10. The normalized spacial score (nSPS) is 12.5. The zero-order valence-corrected chi connectivity index (χ0v) is 11.5. The van der Waals surface area contributed by atoms with Crippen molar-refractivity contribution in [3.05, 3.63) is 28.2 Å². The van der Waals surface area contributed by atoms with Crippen LogP contribution in [0.1, 0.15) is 13.8 Å². The van der Waals surface area contributed by atoms with Gasteiger partial charge in [-0.05, 0) is 18.7 Å². The third-order valence-electron chi connectivity index (χ3n) is 2.23. The standard InChI is InChI=1S/C12H16BrF2NO/c1-3-16-6-8(2)7-17-11-5-9(13)4-10(14)12(11)15/h4-5,8,16H,3,6-7H2,1-2H3. The number of ether oxygens (including phenoxy) is 1. The minimum atomic E-state index is -0.941. The number of hydrogen-bond donors (Lipinski definition) is 1. The Kier molecular flexibility index (Phi) is 5.85. The zero-order valence-electron chi connectivity index (χ0n) is 9.90. The first-order valence-electron chi connectivity index (χ1n) is 5.52. The molecule has 1 rings (SSSR count). The molecule has 0 amide bonds. The lowest BCUT2D eigenvalue weighted by atomic mass is 10.2. The van der Waals surface area contributed by atoms with Crippen LogP contribution in [0.5, 0.6) is 5.75 Å². The SMILES string of the molecule is CCNCC(C)COc1cc(Br)cc(F)c1F. The van der Waals surface area contributed by atoms with E-state index in [9.17, 15) is 8.78 Å². The molecule has 0 aliphatic rings. The number of hydrogen-bond acceptors (Lipinski definition) is 2. The summed E-state index contributed by atoms with van der Waals surface area (Å²) in [6.07, 6.45) is 0. The molecule has 0 aliphatic heterocycles. The van der Waals surface area contributed by atoms with Crippen LogP contribution >= 0.6 is 15.9 Å². The third-order valence-corrected chi connectivity index (χ3v) is 2.68. The summed E-state index contributed by atoms with van der Waals surface area (Å²) in [6, 6.07) is 2.50. The van der Waals surface area contributed by atoms with E-state index in [1.54, 1.807) is 0 Å². The van der Waals surface area contributed by atoms with Crippen LogP contribution in [0.4, 0.5) is 8.78 Å². The summed E-state index contributed by atoms with van der Waals surface area (Å²) >= 11 is 3.10. The van der Waals surface area contributed by atoms with Gasteiger partial charge < -0.3 is 10.1 Å². The maximum absolute atomic E-state index is 13.3. The van der Waals surface area contributed by atoms with E-state index in [2.05, 4.69) is 21.2 Å². The maximum atomic E-state index is 13.3. The van der Waals surface area contributed by atoms with Gasteiger partial charge in [0.25, 0.3) is 0 Å². The molecular weight excluding hydrogens is 292 g/mol. The van der Waals surface area contributed by atoms with Crippen molar-refractivity contribution in [3.63, 3.8) is 0 Å². The summed E-state index contributed by atoms with van der Waals surface area (Å²) in [7, 11) is 0. The molecule has 96 valence electrons. The largest absolute Gasteiger partial charge is 0.490 e. The van der Waals surface area contributed by atoms with E-state index in [1.807, 2.05) is 13.8 Å². The molecular formula is C12H16BrF2NO. The average molecular weight is 308 g/mol. The van der Waals surface area contributed by atoms with Crippen LogP contribution in [0, 0.1) is 17.6 Å². The highest BCUT2D eigenvalue weighted by atomic mass is 79.9. The van der Waals surface area contributed by atoms with E-state index in [-0.39, 0.29) is 11.7 Å². The molecule has 0 aliphatic carbocycles. The lowest BCUT2D eigenvalue weighted by molar-refractivity contribution is 0.243. The third kappa shape index (κ3) is 4.60. The van der Waals surface area contributed by atoms with E-state index < -0.39 is 11.6 Å². The second-order valence-corrected chi connectivity index (χ2v) is 4.84. The molecule has 2 nitrogen and oxygen atoms in total. The van der Waals surface area contributed by atoms with Crippen molar-refractivity contribution in [3.8, 4) is 5.75 Å². The number of halogens is 3. The molecule has 0 saturated carbocycles. The predicted octanol–water partition coefficient (Wildman–Crippen LogP) is 3.35. The fourth-order valence-electron chi connectivity index (χ4n) is 1.32. The van der Waals surface area contributed by atoms with E-state index in [1.165, 1.54) is 6.07 Å². The van der Waals surface area contributed by atoms with Crippen LogP contribution in [-0.4, -0.2) is 19.7 Å². The molecule has 1 aromatic carbocycles. The average Bonchev–Trinajstić information content (AvgIpc) is 2.29. The molecule has 1 unspecified atom stereocenters. The Morgan fingerprint density at radius 1 is 1.41 bits per heavy atom. The molecule has 1 aromatic rings. The van der Waals surface area contributed by atoms with Crippen molar-refractivity contribution < 1.29 is 13.5 Å². The minimum Gasteiger partial charge on any atom is -0.490 e. The fraction of sp³-hybridized carbons (Fsp3) is 0.500. The van der Waals surface area contributed by atoms with Crippen molar-refractivity contribution in [2.24, 2.45) is 5.92 Å². The second kappa shape index (κ2) is 6.91. The van der Waals surface area contributed by atoms with Gasteiger partial charge in [0.05, 0.1) is 6.61 Å². The maximum Gasteiger partial charge on any atom is 0.200 e. The number of benzene rings is 1. The molecule has 0 fully saturated rings. The van der Waals surface area contributed by atoms with Gasteiger partial charge in [-0.1, -0.05) is 29.8 Å². The second-order valence-electron chi connectivity index (χ2n) is 3.92. The van der Waals surface area contributed by atoms with Crippen LogP contribution < -0.4 is 10.1 Å². The minimum absolute atomic E-state index is 0.0553. The van der Waals surface area contributed by atoms with Crippen molar-refractivity contribution >= 4 is 15.9 Å². The zero-order chi connectivity index (χ0) is 12.8. The topological polar surface area (TPSA) is 21.3 Å². The lowest BCUT2D eigenvalue weighted by Gasteiger charge is -2.14. The van der Waals surface area contributed by atoms with Crippen molar-refractivity contribution in [2.75, 3.05) is 19.7 Å². The first-order chi connectivity index (χ1) is 8.04. The molecule has 0 radical (unpaired) electrons. The van der Waals surface area contributed by atoms with E-state index in [4.69, 9.17) is 4.74 Å². The summed E-state index contributed by atoms with van der Waals surface area (Å²) < 4.78 is 32.2. The summed E-state index contributed by atoms with van der Waals surface area (Å²) in [5.74, 6) is -1.67. The van der Waals surface area contributed by atoms with Gasteiger partial charge >= 0.3 is 0 Å². The molecule has 0 bridgehead atoms. The highest BCUT2D eigenvalue weighted by Crippen LogP contribution is 2.25. The smallest absolute Gasteiger partial charge is 0.200 e. The molecule has 0 saturated heterocycles. The van der Waals surface area contributed by atoms with Crippen molar-refractivity contribution in [2.45, 2.75) is 13.8 Å². The Hall–Kier alpha value is -0.680. The summed E-state index contributed by atoms with van der Waals surface area (Å²) in [5.41, 5.74) is 0. The summed E-state index contributed by atoms with van der Waals surface area (Å²) in [6.45, 7) is 6.00. The number of nitrogens with one attached hydrogen (secondary N) is 1. The monoisotopic (exact) mass is 307 g/mol. The van der Waals surface area contributed by atoms with E-state index >= 15 is 0 Å². The van der Waals surface area contributed by atoms with Gasteiger partial charge in [-0.2, -0.15) is 4.39 Å². The lowest BCUT2D eigenvalue weighted by Crippen LogP contribution is -2.24. The van der Waals surface area contributed by atoms with Gasteiger partial charge in [0, 0.05) is 16.9 Å². The molecule has 0 heterocycles. The Balaban J connectivity index is 2.57. The van der Waals surface area contributed by atoms with Gasteiger partial charge in [-0.15, -0.1) is 0 Å². The fourth-order valence-corrected chi connectivity index (χ4v) is 1.73. The van der Waals surface area contributed by atoms with Gasteiger partial charge in [0.2, 0.25) is 5.82 Å². The van der Waals surface area contributed by atoms with Gasteiger partial charge in [-0.3, -0.25) is 0 Å². The van der Waals surface area contributed by atoms with Crippen molar-refractivity contribution in [1.82, 2.24) is 5.32 Å². The van der Waals surface area contributed by atoms with Crippen LogP contribution in [0.2, 0.25) is 0 Å². The van der Waals surface area contributed by atoms with Crippen molar-refractivity contribution in [1.29, 1.82) is 0 Å². The predicted molar refractivity (Wildman–Crippen MR) is 67.3 cm³/mol. The Bertz CT molecular complexity index is 374. The van der Waals surface area contributed by atoms with E-state index in [0.29, 0.717) is 11.1 Å². The Labute approximate surface area is 108 Å². The summed E-state index contributed by atoms with van der Waals surface area (Å²) in [4.78, 5) is 0. The highest BCUT2D eigenvalue weighted by Gasteiger charge is 2.12. The van der Waals surface area contributed by atoms with Crippen LogP contribution in [0.25, 0.3) is 0 Å². The van der Waals surface area contributed by atoms with Crippen LogP contribution in [0.15, 0.2) is 16.6 Å². The molecule has 1 atom stereocenters. The molecule has 1 N–H and O–H groups in total.